The lowest BCUT2D eigenvalue weighted by atomic mass is 9.83. The molecule has 0 bridgehead atoms. The van der Waals surface area contributed by atoms with Crippen LogP contribution in [0.5, 0.6) is 5.75 Å². The minimum absolute atomic E-state index is 0.0856. The van der Waals surface area contributed by atoms with Crippen molar-refractivity contribution in [3.8, 4) is 11.8 Å². The van der Waals surface area contributed by atoms with Gasteiger partial charge in [0.05, 0.1) is 17.4 Å². The number of allylic oxidation sites excluding steroid dienone is 1. The van der Waals surface area contributed by atoms with Crippen LogP contribution in [0.25, 0.3) is 10.9 Å². The predicted molar refractivity (Wildman–Crippen MR) is 124 cm³/mol. The van der Waals surface area contributed by atoms with E-state index < -0.39 is 15.9 Å². The number of hydrogen-bond acceptors (Lipinski definition) is 7. The first-order valence-electron chi connectivity index (χ1n) is 10.3. The van der Waals surface area contributed by atoms with Gasteiger partial charge in [-0.05, 0) is 30.7 Å². The van der Waals surface area contributed by atoms with E-state index in [4.69, 9.17) is 9.47 Å². The van der Waals surface area contributed by atoms with Gasteiger partial charge in [0.2, 0.25) is 15.9 Å². The summed E-state index contributed by atoms with van der Waals surface area (Å²) >= 11 is 0. The van der Waals surface area contributed by atoms with Gasteiger partial charge in [-0.15, -0.1) is 0 Å². The largest absolute Gasteiger partial charge is 0.483 e. The molecule has 1 aliphatic heterocycles. The molecule has 2 aromatic carbocycles. The van der Waals surface area contributed by atoms with Crippen LogP contribution in [-0.2, 0) is 14.8 Å². The van der Waals surface area contributed by atoms with E-state index in [0.29, 0.717) is 28.8 Å². The number of sulfonamides is 1. The summed E-state index contributed by atoms with van der Waals surface area (Å²) in [6.07, 6.45) is 2.81. The van der Waals surface area contributed by atoms with Gasteiger partial charge >= 0.3 is 0 Å². The predicted octanol–water partition coefficient (Wildman–Crippen LogP) is 3.81. The summed E-state index contributed by atoms with van der Waals surface area (Å²) in [4.78, 5) is 8.78. The summed E-state index contributed by atoms with van der Waals surface area (Å²) < 4.78 is 38.9. The molecule has 0 saturated heterocycles. The minimum Gasteiger partial charge on any atom is -0.483 e. The fraction of sp³-hybridized carbons (Fsp3) is 0.208. The second-order valence-corrected chi connectivity index (χ2v) is 9.57. The van der Waals surface area contributed by atoms with Crippen molar-refractivity contribution < 1.29 is 17.9 Å². The van der Waals surface area contributed by atoms with Gasteiger partial charge in [0.25, 0.3) is 0 Å². The average molecular weight is 463 g/mol. The molecule has 1 aromatic heterocycles. The highest BCUT2D eigenvalue weighted by atomic mass is 32.2. The van der Waals surface area contributed by atoms with E-state index in [9.17, 15) is 13.7 Å². The van der Waals surface area contributed by atoms with Crippen molar-refractivity contribution in [1.29, 1.82) is 5.26 Å². The van der Waals surface area contributed by atoms with E-state index in [-0.39, 0.29) is 16.4 Å². The molecule has 0 aliphatic carbocycles. The molecule has 168 valence electrons. The maximum absolute atomic E-state index is 13.2. The van der Waals surface area contributed by atoms with Crippen molar-refractivity contribution in [2.24, 2.45) is 4.99 Å². The number of nitrogens with zero attached hydrogens (tertiary/aromatic N) is 4. The number of rotatable bonds is 6. The van der Waals surface area contributed by atoms with E-state index in [1.165, 1.54) is 20.5 Å². The quantitative estimate of drug-likeness (QED) is 0.407. The van der Waals surface area contributed by atoms with Crippen LogP contribution in [0, 0.1) is 11.3 Å². The lowest BCUT2D eigenvalue weighted by Gasteiger charge is -2.28. The Kier molecular flexibility index (Phi) is 6.14. The number of nitriles is 1. The Hall–Kier alpha value is -3.74. The van der Waals surface area contributed by atoms with Crippen LogP contribution in [0.15, 0.2) is 76.1 Å². The number of benzene rings is 2. The Balaban J connectivity index is 2.09. The summed E-state index contributed by atoms with van der Waals surface area (Å²) in [5, 5.41) is 10.5. The van der Waals surface area contributed by atoms with E-state index in [1.807, 2.05) is 37.3 Å². The molecule has 1 unspecified atom stereocenters. The fourth-order valence-corrected chi connectivity index (χ4v) is 4.84. The number of pyridine rings is 1. The highest BCUT2D eigenvalue weighted by Crippen LogP contribution is 2.47. The zero-order valence-electron chi connectivity index (χ0n) is 18.4. The molecule has 9 heteroatoms. The van der Waals surface area contributed by atoms with E-state index in [1.54, 1.807) is 24.4 Å². The molecule has 1 aliphatic rings. The van der Waals surface area contributed by atoms with Crippen LogP contribution in [0.4, 0.5) is 0 Å². The maximum Gasteiger partial charge on any atom is 0.243 e. The van der Waals surface area contributed by atoms with Crippen LogP contribution < -0.4 is 4.74 Å². The highest BCUT2D eigenvalue weighted by Gasteiger charge is 2.36. The molecular formula is C24H22N4O4S. The second kappa shape index (κ2) is 9.02. The molecule has 3 aromatic rings. The number of aromatic nitrogens is 1. The monoisotopic (exact) mass is 462 g/mol. The molecule has 0 saturated carbocycles. The van der Waals surface area contributed by atoms with Gasteiger partial charge in [0.15, 0.2) is 12.2 Å². The minimum atomic E-state index is -3.81. The molecule has 0 amide bonds. The van der Waals surface area contributed by atoms with Crippen LogP contribution in [-0.4, -0.2) is 44.8 Å². The third-order valence-corrected chi connectivity index (χ3v) is 7.14. The van der Waals surface area contributed by atoms with E-state index in [2.05, 4.69) is 16.0 Å². The van der Waals surface area contributed by atoms with Crippen LogP contribution in [0.1, 0.15) is 24.0 Å². The molecule has 0 spiro atoms. The number of hydrogen-bond donors (Lipinski definition) is 0. The van der Waals surface area contributed by atoms with Crippen molar-refractivity contribution in [1.82, 2.24) is 9.29 Å². The van der Waals surface area contributed by atoms with Crippen molar-refractivity contribution in [3.05, 3.63) is 77.3 Å². The number of aliphatic imine (C=N–C) groups is 1. The fourth-order valence-electron chi connectivity index (χ4n) is 3.73. The van der Waals surface area contributed by atoms with E-state index in [0.717, 1.165) is 9.87 Å². The number of ether oxygens (including phenoxy) is 2. The van der Waals surface area contributed by atoms with Crippen LogP contribution >= 0.6 is 0 Å². The van der Waals surface area contributed by atoms with Gasteiger partial charge in [0.1, 0.15) is 17.2 Å². The molecular weight excluding hydrogens is 440 g/mol. The summed E-state index contributed by atoms with van der Waals surface area (Å²) in [5.41, 5.74) is 1.94. The van der Waals surface area contributed by atoms with Crippen LogP contribution in [0.2, 0.25) is 0 Å². The van der Waals surface area contributed by atoms with Crippen molar-refractivity contribution in [2.75, 3.05) is 20.7 Å². The van der Waals surface area contributed by atoms with Gasteiger partial charge in [0, 0.05) is 31.2 Å². The Morgan fingerprint density at radius 1 is 1.24 bits per heavy atom. The zero-order valence-corrected chi connectivity index (χ0v) is 19.2. The smallest absolute Gasteiger partial charge is 0.243 e. The topological polar surface area (TPSA) is 105 Å². The molecule has 8 nitrogen and oxygen atoms in total. The Bertz CT molecular complexity index is 1410. The summed E-state index contributed by atoms with van der Waals surface area (Å²) in [6, 6.07) is 16.5. The molecule has 1 atom stereocenters. The normalized spacial score (nSPS) is 16.0. The second-order valence-electron chi connectivity index (χ2n) is 7.45. The number of fused-ring (bicyclic) bond motifs is 3. The Morgan fingerprint density at radius 3 is 2.67 bits per heavy atom. The third kappa shape index (κ3) is 3.95. The molecule has 33 heavy (non-hydrogen) atoms. The first kappa shape index (κ1) is 22.5. The first-order chi connectivity index (χ1) is 15.9. The van der Waals surface area contributed by atoms with Gasteiger partial charge in [-0.2, -0.15) is 10.3 Å². The SMILES string of the molecule is CCO/C=N/C1=C(C#N)C(c2ccccc2)c2cc(S(=O)(=O)N(C)C)c3cccnc3c2O1. The van der Waals surface area contributed by atoms with Crippen molar-refractivity contribution in [2.45, 2.75) is 17.7 Å². The van der Waals surface area contributed by atoms with Crippen molar-refractivity contribution >= 4 is 27.3 Å². The standard InChI is InChI=1S/C24H22N4O4S/c1-4-31-15-27-24-19(14-25)21(16-9-6-5-7-10-16)18-13-20(33(29,30)28(2)3)17-11-8-12-26-22(17)23(18)32-24/h5-13,15,21H,4H2,1-3H3/b27-15+. The highest BCUT2D eigenvalue weighted by molar-refractivity contribution is 7.89. The van der Waals surface area contributed by atoms with Gasteiger partial charge in [-0.1, -0.05) is 30.3 Å². The first-order valence-corrected chi connectivity index (χ1v) is 11.7. The molecule has 0 fully saturated rings. The summed E-state index contributed by atoms with van der Waals surface area (Å²) in [5.74, 6) is -0.154. The van der Waals surface area contributed by atoms with Crippen molar-refractivity contribution in [3.63, 3.8) is 0 Å². The van der Waals surface area contributed by atoms with E-state index >= 15 is 0 Å². The van der Waals surface area contributed by atoms with Crippen LogP contribution in [0.3, 0.4) is 0 Å². The lowest BCUT2D eigenvalue weighted by Crippen LogP contribution is -2.24. The molecule has 0 N–H and O–H groups in total. The van der Waals surface area contributed by atoms with Gasteiger partial charge < -0.3 is 9.47 Å². The molecule has 4 rings (SSSR count). The molecule has 0 radical (unpaired) electrons. The lowest BCUT2D eigenvalue weighted by molar-refractivity contribution is 0.336. The summed E-state index contributed by atoms with van der Waals surface area (Å²) in [6.45, 7) is 2.23. The average Bonchev–Trinajstić information content (AvgIpc) is 2.83. The summed E-state index contributed by atoms with van der Waals surface area (Å²) in [7, 11) is -0.858. The Labute approximate surface area is 192 Å². The third-order valence-electron chi connectivity index (χ3n) is 5.29. The van der Waals surface area contributed by atoms with Gasteiger partial charge in [-0.3, -0.25) is 4.98 Å². The zero-order chi connectivity index (χ0) is 23.6. The van der Waals surface area contributed by atoms with Gasteiger partial charge in [-0.25, -0.2) is 12.7 Å². The molecule has 2 heterocycles. The Morgan fingerprint density at radius 2 is 2.00 bits per heavy atom. The maximum atomic E-state index is 13.2.